The molecule has 0 aromatic rings. The molecule has 3 nitrogen and oxygen atoms in total. The predicted molar refractivity (Wildman–Crippen MR) is 62.2 cm³/mol. The second-order valence-electron chi connectivity index (χ2n) is 5.64. The molecule has 2 saturated heterocycles. The van der Waals surface area contributed by atoms with E-state index in [1.807, 2.05) is 0 Å². The molecule has 2 atom stereocenters. The van der Waals surface area contributed by atoms with Crippen molar-refractivity contribution in [3.63, 3.8) is 0 Å². The lowest BCUT2D eigenvalue weighted by Gasteiger charge is -2.52. The third-order valence-electron chi connectivity index (χ3n) is 5.02. The molecule has 0 aromatic heterocycles. The molecule has 92 valence electrons. The van der Waals surface area contributed by atoms with Crippen LogP contribution < -0.4 is 5.32 Å². The first-order valence-corrected chi connectivity index (χ1v) is 6.80. The minimum Gasteiger partial charge on any atom is -0.347 e. The summed E-state index contributed by atoms with van der Waals surface area (Å²) < 4.78 is 11.7. The third-order valence-corrected chi connectivity index (χ3v) is 5.02. The smallest absolute Gasteiger partial charge is 0.170 e. The number of fused-ring (bicyclic) bond motifs is 1. The first kappa shape index (κ1) is 11.0. The van der Waals surface area contributed by atoms with Gasteiger partial charge in [-0.3, -0.25) is 0 Å². The first-order valence-electron chi connectivity index (χ1n) is 6.80. The molecule has 0 amide bonds. The second-order valence-corrected chi connectivity index (χ2v) is 5.64. The van der Waals surface area contributed by atoms with Gasteiger partial charge in [0.1, 0.15) is 0 Å². The zero-order valence-corrected chi connectivity index (χ0v) is 10.3. The van der Waals surface area contributed by atoms with Crippen LogP contribution in [0.2, 0.25) is 0 Å². The van der Waals surface area contributed by atoms with Crippen molar-refractivity contribution < 1.29 is 9.47 Å². The standard InChI is InChI=1S/C13H23NO2/c1-2-12-4-3-7-14-11(12)10-13(6-5-12)15-8-9-16-13/h11,14H,2-10H2,1H3/t11-,12+/m0/s1. The lowest BCUT2D eigenvalue weighted by Crippen LogP contribution is -2.57. The van der Waals surface area contributed by atoms with Crippen LogP contribution in [0.15, 0.2) is 0 Å². The summed E-state index contributed by atoms with van der Waals surface area (Å²) in [6, 6.07) is 0.609. The van der Waals surface area contributed by atoms with Crippen LogP contribution >= 0.6 is 0 Å². The molecule has 3 heteroatoms. The van der Waals surface area contributed by atoms with E-state index in [-0.39, 0.29) is 5.79 Å². The highest BCUT2D eigenvalue weighted by atomic mass is 16.7. The largest absolute Gasteiger partial charge is 0.347 e. The molecule has 0 radical (unpaired) electrons. The SMILES string of the molecule is CC[C@]12CCCN[C@H]1CC1(CC2)OCCO1. The van der Waals surface area contributed by atoms with Gasteiger partial charge < -0.3 is 14.8 Å². The first-order chi connectivity index (χ1) is 7.79. The van der Waals surface area contributed by atoms with Gasteiger partial charge in [-0.25, -0.2) is 0 Å². The molecule has 1 aliphatic carbocycles. The maximum atomic E-state index is 5.86. The Morgan fingerprint density at radius 2 is 2.00 bits per heavy atom. The van der Waals surface area contributed by atoms with Crippen LogP contribution in [-0.2, 0) is 9.47 Å². The van der Waals surface area contributed by atoms with Gasteiger partial charge in [-0.05, 0) is 37.6 Å². The van der Waals surface area contributed by atoms with Crippen molar-refractivity contribution in [3.8, 4) is 0 Å². The second kappa shape index (κ2) is 3.97. The van der Waals surface area contributed by atoms with Crippen LogP contribution in [0.5, 0.6) is 0 Å². The van der Waals surface area contributed by atoms with E-state index in [2.05, 4.69) is 12.2 Å². The van der Waals surface area contributed by atoms with Crippen molar-refractivity contribution in [2.45, 2.75) is 57.3 Å². The minimum atomic E-state index is -0.228. The molecule has 1 saturated carbocycles. The maximum Gasteiger partial charge on any atom is 0.170 e. The van der Waals surface area contributed by atoms with Crippen molar-refractivity contribution in [2.75, 3.05) is 19.8 Å². The maximum absolute atomic E-state index is 5.86. The number of rotatable bonds is 1. The molecule has 16 heavy (non-hydrogen) atoms. The van der Waals surface area contributed by atoms with Crippen molar-refractivity contribution in [3.05, 3.63) is 0 Å². The molecule has 0 bridgehead atoms. The molecule has 3 aliphatic rings. The Morgan fingerprint density at radius 3 is 2.75 bits per heavy atom. The Kier molecular flexibility index (Phi) is 2.73. The van der Waals surface area contributed by atoms with Crippen LogP contribution in [-0.4, -0.2) is 31.6 Å². The van der Waals surface area contributed by atoms with E-state index in [9.17, 15) is 0 Å². The molecular formula is C13H23NO2. The van der Waals surface area contributed by atoms with Crippen LogP contribution in [0.4, 0.5) is 0 Å². The van der Waals surface area contributed by atoms with Crippen LogP contribution in [0.25, 0.3) is 0 Å². The number of piperidine rings is 1. The van der Waals surface area contributed by atoms with Crippen LogP contribution in [0, 0.1) is 5.41 Å². The van der Waals surface area contributed by atoms with E-state index in [1.54, 1.807) is 0 Å². The van der Waals surface area contributed by atoms with Gasteiger partial charge in [-0.15, -0.1) is 0 Å². The highest BCUT2D eigenvalue weighted by Crippen LogP contribution is 2.50. The fourth-order valence-electron chi connectivity index (χ4n) is 3.91. The van der Waals surface area contributed by atoms with E-state index in [0.717, 1.165) is 26.1 Å². The molecule has 2 heterocycles. The summed E-state index contributed by atoms with van der Waals surface area (Å²) in [5.41, 5.74) is 0.527. The molecule has 3 fully saturated rings. The normalized spacial score (nSPS) is 42.2. The van der Waals surface area contributed by atoms with Crippen LogP contribution in [0.3, 0.4) is 0 Å². The Balaban J connectivity index is 1.78. The highest BCUT2D eigenvalue weighted by Gasteiger charge is 2.51. The van der Waals surface area contributed by atoms with E-state index < -0.39 is 0 Å². The summed E-state index contributed by atoms with van der Waals surface area (Å²) in [7, 11) is 0. The van der Waals surface area contributed by atoms with Gasteiger partial charge in [-0.1, -0.05) is 6.92 Å². The topological polar surface area (TPSA) is 30.5 Å². The molecular weight excluding hydrogens is 202 g/mol. The van der Waals surface area contributed by atoms with Crippen molar-refractivity contribution in [2.24, 2.45) is 5.41 Å². The molecule has 3 rings (SSSR count). The Bertz CT molecular complexity index is 263. The van der Waals surface area contributed by atoms with Gasteiger partial charge >= 0.3 is 0 Å². The molecule has 1 spiro atoms. The average Bonchev–Trinajstić information content (AvgIpc) is 2.78. The van der Waals surface area contributed by atoms with Gasteiger partial charge in [0.05, 0.1) is 13.2 Å². The summed E-state index contributed by atoms with van der Waals surface area (Å²) in [5, 5.41) is 3.70. The number of hydrogen-bond acceptors (Lipinski definition) is 3. The average molecular weight is 225 g/mol. The lowest BCUT2D eigenvalue weighted by atomic mass is 9.63. The van der Waals surface area contributed by atoms with E-state index >= 15 is 0 Å². The van der Waals surface area contributed by atoms with Gasteiger partial charge in [0, 0.05) is 18.9 Å². The zero-order valence-electron chi connectivity index (χ0n) is 10.3. The van der Waals surface area contributed by atoms with Crippen LogP contribution in [0.1, 0.15) is 45.4 Å². The van der Waals surface area contributed by atoms with E-state index in [4.69, 9.17) is 9.47 Å². The van der Waals surface area contributed by atoms with Gasteiger partial charge in [0.25, 0.3) is 0 Å². The number of hydrogen-bond donors (Lipinski definition) is 1. The Hall–Kier alpha value is -0.120. The van der Waals surface area contributed by atoms with Crippen molar-refractivity contribution >= 4 is 0 Å². The fraction of sp³-hybridized carbons (Fsp3) is 1.00. The van der Waals surface area contributed by atoms with Gasteiger partial charge in [0.15, 0.2) is 5.79 Å². The van der Waals surface area contributed by atoms with Crippen molar-refractivity contribution in [1.82, 2.24) is 5.32 Å². The zero-order chi connectivity index (χ0) is 11.1. The summed E-state index contributed by atoms with van der Waals surface area (Å²) >= 11 is 0. The predicted octanol–water partition coefficient (Wildman–Crippen LogP) is 2.06. The van der Waals surface area contributed by atoms with Gasteiger partial charge in [-0.2, -0.15) is 0 Å². The Labute approximate surface area is 97.9 Å². The molecule has 2 aliphatic heterocycles. The number of nitrogens with one attached hydrogen (secondary N) is 1. The quantitative estimate of drug-likeness (QED) is 0.741. The monoisotopic (exact) mass is 225 g/mol. The molecule has 0 unspecified atom stereocenters. The third kappa shape index (κ3) is 1.60. The molecule has 1 N–H and O–H groups in total. The summed E-state index contributed by atoms with van der Waals surface area (Å²) in [6.07, 6.45) is 7.43. The minimum absolute atomic E-state index is 0.228. The number of ether oxygens (including phenoxy) is 2. The summed E-state index contributed by atoms with van der Waals surface area (Å²) in [5.74, 6) is -0.228. The highest BCUT2D eigenvalue weighted by molar-refractivity contribution is 5.02. The summed E-state index contributed by atoms with van der Waals surface area (Å²) in [4.78, 5) is 0. The lowest BCUT2D eigenvalue weighted by molar-refractivity contribution is -0.203. The van der Waals surface area contributed by atoms with E-state index in [1.165, 1.54) is 32.2 Å². The van der Waals surface area contributed by atoms with Gasteiger partial charge in [0.2, 0.25) is 0 Å². The fourth-order valence-corrected chi connectivity index (χ4v) is 3.91. The summed E-state index contributed by atoms with van der Waals surface area (Å²) in [6.45, 7) is 5.08. The Morgan fingerprint density at radius 1 is 1.19 bits per heavy atom. The molecule has 0 aromatic carbocycles. The van der Waals surface area contributed by atoms with E-state index in [0.29, 0.717) is 11.5 Å². The van der Waals surface area contributed by atoms with Crippen molar-refractivity contribution in [1.29, 1.82) is 0 Å².